The van der Waals surface area contributed by atoms with Crippen molar-refractivity contribution in [3.63, 3.8) is 0 Å². The quantitative estimate of drug-likeness (QED) is 0.837. The van der Waals surface area contributed by atoms with E-state index in [4.69, 9.17) is 4.84 Å². The molecule has 1 aromatic carbocycles. The number of nitrogens with zero attached hydrogens (tertiary/aromatic N) is 1. The first kappa shape index (κ1) is 16.2. The third-order valence-corrected chi connectivity index (χ3v) is 4.25. The summed E-state index contributed by atoms with van der Waals surface area (Å²) in [7, 11) is 0. The van der Waals surface area contributed by atoms with E-state index in [-0.39, 0.29) is 13.2 Å². The monoisotopic (exact) mass is 331 g/mol. The molecule has 0 spiro atoms. The van der Waals surface area contributed by atoms with E-state index in [0.717, 1.165) is 5.06 Å². The highest BCUT2D eigenvalue weighted by Crippen LogP contribution is 2.53. The fourth-order valence-electron chi connectivity index (χ4n) is 3.22. The molecule has 1 N–H and O–H groups in total. The highest BCUT2D eigenvalue weighted by atomic mass is 19.4. The third-order valence-electron chi connectivity index (χ3n) is 4.25. The molecule has 8 heteroatoms. The van der Waals surface area contributed by atoms with E-state index in [1.807, 2.05) is 0 Å². The lowest BCUT2D eigenvalue weighted by Gasteiger charge is -2.37. The molecule has 2 aliphatic rings. The molecule has 0 aliphatic carbocycles. The number of hydrogen-bond acceptors (Lipinski definition) is 5. The smallest absolute Gasteiger partial charge is 0.422 e. The van der Waals surface area contributed by atoms with Crippen molar-refractivity contribution in [1.82, 2.24) is 5.06 Å². The number of carbonyl (C=O) groups excluding carboxylic acids is 1. The number of hydroxylamine groups is 2. The van der Waals surface area contributed by atoms with Gasteiger partial charge in [-0.1, -0.05) is 24.3 Å². The standard InChI is InChI=1S/C15H16F3NO4/c1-2-22-13(20)12-14(21,15(16,17)18)11-10-6-4-3-5-9(10)7-8-19(11)23-12/h3-6,11-12,21H,2,7-8H2,1H3/t11-,12-,14+/m1/s1. The van der Waals surface area contributed by atoms with E-state index < -0.39 is 29.9 Å². The van der Waals surface area contributed by atoms with Gasteiger partial charge in [0.1, 0.15) is 6.04 Å². The number of aliphatic hydroxyl groups is 1. The Bertz CT molecular complexity index is 621. The summed E-state index contributed by atoms with van der Waals surface area (Å²) in [5.41, 5.74) is -2.36. The van der Waals surface area contributed by atoms with E-state index in [0.29, 0.717) is 17.5 Å². The average molecular weight is 331 g/mol. The Kier molecular flexibility index (Phi) is 3.86. The van der Waals surface area contributed by atoms with Crippen LogP contribution in [0.25, 0.3) is 0 Å². The maximum atomic E-state index is 13.7. The van der Waals surface area contributed by atoms with Gasteiger partial charge in [0.2, 0.25) is 11.7 Å². The summed E-state index contributed by atoms with van der Waals surface area (Å²) >= 11 is 0. The molecule has 1 fully saturated rings. The van der Waals surface area contributed by atoms with Crippen molar-refractivity contribution in [2.75, 3.05) is 13.2 Å². The van der Waals surface area contributed by atoms with Gasteiger partial charge < -0.3 is 9.84 Å². The first-order chi connectivity index (χ1) is 10.8. The molecule has 0 bridgehead atoms. The van der Waals surface area contributed by atoms with Crippen molar-refractivity contribution in [2.24, 2.45) is 0 Å². The van der Waals surface area contributed by atoms with Gasteiger partial charge in [0.15, 0.2) is 0 Å². The molecule has 0 unspecified atom stereocenters. The summed E-state index contributed by atoms with van der Waals surface area (Å²) in [6, 6.07) is 5.04. The Balaban J connectivity index is 2.11. The number of rotatable bonds is 2. The minimum Gasteiger partial charge on any atom is -0.464 e. The number of carbonyl (C=O) groups is 1. The molecule has 5 nitrogen and oxygen atoms in total. The van der Waals surface area contributed by atoms with E-state index in [2.05, 4.69) is 4.74 Å². The largest absolute Gasteiger partial charge is 0.464 e. The molecule has 0 amide bonds. The lowest BCUT2D eigenvalue weighted by Crippen LogP contribution is -2.58. The Morgan fingerprint density at radius 2 is 2.17 bits per heavy atom. The summed E-state index contributed by atoms with van der Waals surface area (Å²) in [5, 5.41) is 11.6. The van der Waals surface area contributed by atoms with Gasteiger partial charge in [-0.25, -0.2) is 4.79 Å². The van der Waals surface area contributed by atoms with Gasteiger partial charge in [0.25, 0.3) is 0 Å². The first-order valence-electron chi connectivity index (χ1n) is 7.27. The summed E-state index contributed by atoms with van der Waals surface area (Å²) in [6.07, 6.45) is -6.73. The molecule has 126 valence electrons. The maximum Gasteiger partial charge on any atom is 0.422 e. The van der Waals surface area contributed by atoms with Gasteiger partial charge >= 0.3 is 12.1 Å². The van der Waals surface area contributed by atoms with Crippen LogP contribution in [0, 0.1) is 0 Å². The van der Waals surface area contributed by atoms with Gasteiger partial charge in [0.05, 0.1) is 6.61 Å². The van der Waals surface area contributed by atoms with E-state index in [1.54, 1.807) is 18.2 Å². The van der Waals surface area contributed by atoms with Crippen LogP contribution in [-0.4, -0.2) is 47.2 Å². The second-order valence-electron chi connectivity index (χ2n) is 5.55. The van der Waals surface area contributed by atoms with Crippen LogP contribution in [0.1, 0.15) is 24.1 Å². The van der Waals surface area contributed by atoms with Crippen LogP contribution in [0.15, 0.2) is 24.3 Å². The first-order valence-corrected chi connectivity index (χ1v) is 7.27. The molecule has 2 aliphatic heterocycles. The Morgan fingerprint density at radius 1 is 1.48 bits per heavy atom. The van der Waals surface area contributed by atoms with Crippen molar-refractivity contribution in [3.05, 3.63) is 35.4 Å². The number of ether oxygens (including phenoxy) is 1. The van der Waals surface area contributed by atoms with Crippen LogP contribution < -0.4 is 0 Å². The number of fused-ring (bicyclic) bond motifs is 3. The molecular formula is C15H16F3NO4. The number of hydrogen-bond donors (Lipinski definition) is 1. The molecule has 0 aromatic heterocycles. The summed E-state index contributed by atoms with van der Waals surface area (Å²) in [6.45, 7) is 1.52. The van der Waals surface area contributed by atoms with Crippen molar-refractivity contribution in [2.45, 2.75) is 37.3 Å². The van der Waals surface area contributed by atoms with E-state index >= 15 is 0 Å². The van der Waals surface area contributed by atoms with E-state index in [1.165, 1.54) is 13.0 Å². The van der Waals surface area contributed by atoms with Crippen LogP contribution in [0.3, 0.4) is 0 Å². The predicted octanol–water partition coefficient (Wildman–Crippen LogP) is 1.76. The normalized spacial score (nSPS) is 30.7. The molecule has 2 heterocycles. The summed E-state index contributed by atoms with van der Waals surface area (Å²) < 4.78 is 45.7. The van der Waals surface area contributed by atoms with Gasteiger partial charge in [-0.3, -0.25) is 4.84 Å². The second kappa shape index (κ2) is 5.47. The number of benzene rings is 1. The average Bonchev–Trinajstić information content (AvgIpc) is 2.82. The molecule has 1 aromatic rings. The predicted molar refractivity (Wildman–Crippen MR) is 72.1 cm³/mol. The number of halogens is 3. The zero-order valence-corrected chi connectivity index (χ0v) is 12.3. The highest BCUT2D eigenvalue weighted by Gasteiger charge is 2.73. The van der Waals surface area contributed by atoms with E-state index in [9.17, 15) is 23.1 Å². The van der Waals surface area contributed by atoms with Crippen LogP contribution in [0.2, 0.25) is 0 Å². The van der Waals surface area contributed by atoms with Crippen LogP contribution >= 0.6 is 0 Å². The van der Waals surface area contributed by atoms with Crippen LogP contribution in [0.5, 0.6) is 0 Å². The SMILES string of the molecule is CCOC(=O)[C@H]1ON2CCc3ccccc3[C@@H]2[C@@]1(O)C(F)(F)F. The van der Waals surface area contributed by atoms with Crippen molar-refractivity contribution in [3.8, 4) is 0 Å². The highest BCUT2D eigenvalue weighted by molar-refractivity contribution is 5.77. The maximum absolute atomic E-state index is 13.7. The molecular weight excluding hydrogens is 315 g/mol. The van der Waals surface area contributed by atoms with Gasteiger partial charge in [0, 0.05) is 6.54 Å². The zero-order chi connectivity index (χ0) is 16.8. The Morgan fingerprint density at radius 3 is 2.83 bits per heavy atom. The van der Waals surface area contributed by atoms with Crippen molar-refractivity contribution < 1.29 is 32.6 Å². The topological polar surface area (TPSA) is 59.0 Å². The molecule has 0 saturated carbocycles. The minimum absolute atomic E-state index is 0.103. The minimum atomic E-state index is -5.06. The lowest BCUT2D eigenvalue weighted by molar-refractivity contribution is -0.278. The lowest BCUT2D eigenvalue weighted by atomic mass is 9.80. The molecule has 3 rings (SSSR count). The third kappa shape index (κ3) is 2.32. The number of esters is 1. The molecule has 0 radical (unpaired) electrons. The second-order valence-corrected chi connectivity index (χ2v) is 5.55. The fourth-order valence-corrected chi connectivity index (χ4v) is 3.22. The molecule has 1 saturated heterocycles. The fraction of sp³-hybridized carbons (Fsp3) is 0.533. The van der Waals surface area contributed by atoms with Crippen molar-refractivity contribution in [1.29, 1.82) is 0 Å². The van der Waals surface area contributed by atoms with Crippen molar-refractivity contribution >= 4 is 5.97 Å². The van der Waals surface area contributed by atoms with Gasteiger partial charge in [-0.05, 0) is 24.5 Å². The Labute approximate surface area is 130 Å². The summed E-state index contributed by atoms with van der Waals surface area (Å²) in [5.74, 6) is -1.22. The zero-order valence-electron chi connectivity index (χ0n) is 12.3. The van der Waals surface area contributed by atoms with Gasteiger partial charge in [-0.2, -0.15) is 18.2 Å². The molecule has 3 atom stereocenters. The Hall–Kier alpha value is -1.64. The van der Waals surface area contributed by atoms with Gasteiger partial charge in [-0.15, -0.1) is 0 Å². The molecule has 23 heavy (non-hydrogen) atoms. The number of alkyl halides is 3. The summed E-state index contributed by atoms with van der Waals surface area (Å²) in [4.78, 5) is 17.1. The van der Waals surface area contributed by atoms with Crippen LogP contribution in [-0.2, 0) is 20.8 Å². The van der Waals surface area contributed by atoms with Crippen LogP contribution in [0.4, 0.5) is 13.2 Å².